The van der Waals surface area contributed by atoms with Gasteiger partial charge in [-0.25, -0.2) is 14.6 Å². The Hall–Kier alpha value is -6.65. The molecule has 4 nitrogen and oxygen atoms in total. The Kier molecular flexibility index (Phi) is 7.10. The van der Waals surface area contributed by atoms with E-state index in [9.17, 15) is 0 Å². The Bertz CT molecular complexity index is 2570. The van der Waals surface area contributed by atoms with Crippen molar-refractivity contribution in [3.05, 3.63) is 182 Å². The minimum atomic E-state index is 0.691. The minimum Gasteiger partial charge on any atom is -0.232 e. The third-order valence-electron chi connectivity index (χ3n) is 9.03. The van der Waals surface area contributed by atoms with Gasteiger partial charge in [0.2, 0.25) is 0 Å². The van der Waals surface area contributed by atoms with Gasteiger partial charge in [0.1, 0.15) is 5.69 Å². The second-order valence-corrected chi connectivity index (χ2v) is 12.2. The van der Waals surface area contributed by atoms with E-state index >= 15 is 0 Å². The molecule has 0 bridgehead atoms. The second-order valence-electron chi connectivity index (χ2n) is 12.2. The van der Waals surface area contributed by atoms with Crippen LogP contribution in [0.4, 0.5) is 0 Å². The molecule has 0 aliphatic carbocycles. The summed E-state index contributed by atoms with van der Waals surface area (Å²) < 4.78 is 2.05. The highest BCUT2D eigenvalue weighted by molar-refractivity contribution is 6.03. The van der Waals surface area contributed by atoms with Gasteiger partial charge in [-0.2, -0.15) is 5.10 Å². The summed E-state index contributed by atoms with van der Waals surface area (Å²) >= 11 is 0. The van der Waals surface area contributed by atoms with E-state index in [1.165, 1.54) is 21.9 Å². The van der Waals surface area contributed by atoms with Crippen molar-refractivity contribution in [2.75, 3.05) is 0 Å². The molecule has 0 fully saturated rings. The summed E-state index contributed by atoms with van der Waals surface area (Å²) in [6, 6.07) is 63.2. The minimum absolute atomic E-state index is 0.691. The zero-order valence-corrected chi connectivity index (χ0v) is 26.6. The number of hydrogen-bond donors (Lipinski definition) is 0. The maximum absolute atomic E-state index is 5.24. The molecule has 0 spiro atoms. The SMILES string of the molecule is c1ccc(-c2ccc(-c3cc(-c4cccc(-c5nn(-c6ccccc6)c6cc7ccccc7cc56)c4)nc(-c4ccccc4)n3)cc2)cc1. The molecule has 0 saturated carbocycles. The number of nitrogens with zero attached hydrogens (tertiary/aromatic N) is 4. The lowest BCUT2D eigenvalue weighted by atomic mass is 9.99. The number of aromatic nitrogens is 4. The monoisotopic (exact) mass is 626 g/mol. The summed E-state index contributed by atoms with van der Waals surface area (Å²) in [6.45, 7) is 0. The predicted molar refractivity (Wildman–Crippen MR) is 201 cm³/mol. The van der Waals surface area contributed by atoms with E-state index in [4.69, 9.17) is 15.1 Å². The van der Waals surface area contributed by atoms with Crippen LogP contribution in [0.5, 0.6) is 0 Å². The topological polar surface area (TPSA) is 43.6 Å². The number of rotatable bonds is 6. The van der Waals surface area contributed by atoms with Crippen molar-refractivity contribution in [1.29, 1.82) is 0 Å². The Morgan fingerprint density at radius 2 is 0.898 bits per heavy atom. The van der Waals surface area contributed by atoms with Crippen LogP contribution >= 0.6 is 0 Å². The number of benzene rings is 7. The molecule has 49 heavy (non-hydrogen) atoms. The largest absolute Gasteiger partial charge is 0.232 e. The van der Waals surface area contributed by atoms with E-state index in [2.05, 4.69) is 156 Å². The van der Waals surface area contributed by atoms with Gasteiger partial charge in [-0.05, 0) is 58.3 Å². The Labute approximate surface area is 284 Å². The van der Waals surface area contributed by atoms with Crippen molar-refractivity contribution in [1.82, 2.24) is 19.7 Å². The van der Waals surface area contributed by atoms with Gasteiger partial charge < -0.3 is 0 Å². The molecular weight excluding hydrogens is 597 g/mol. The van der Waals surface area contributed by atoms with Crippen molar-refractivity contribution in [3.8, 4) is 62.0 Å². The van der Waals surface area contributed by atoms with Gasteiger partial charge >= 0.3 is 0 Å². The van der Waals surface area contributed by atoms with Crippen molar-refractivity contribution in [2.24, 2.45) is 0 Å². The van der Waals surface area contributed by atoms with Crippen molar-refractivity contribution in [2.45, 2.75) is 0 Å². The summed E-state index contributed by atoms with van der Waals surface area (Å²) in [5.74, 6) is 0.691. The molecule has 0 radical (unpaired) electrons. The molecule has 230 valence electrons. The summed E-state index contributed by atoms with van der Waals surface area (Å²) in [5, 5.41) is 8.71. The van der Waals surface area contributed by atoms with Gasteiger partial charge in [0.15, 0.2) is 5.82 Å². The zero-order valence-electron chi connectivity index (χ0n) is 26.6. The predicted octanol–water partition coefficient (Wildman–Crippen LogP) is 11.3. The first-order valence-electron chi connectivity index (χ1n) is 16.4. The highest BCUT2D eigenvalue weighted by Crippen LogP contribution is 2.36. The average molecular weight is 627 g/mol. The van der Waals surface area contributed by atoms with E-state index in [-0.39, 0.29) is 0 Å². The fourth-order valence-electron chi connectivity index (χ4n) is 6.53. The molecule has 0 atom stereocenters. The molecule has 2 heterocycles. The first kappa shape index (κ1) is 28.6. The summed E-state index contributed by atoms with van der Waals surface area (Å²) in [7, 11) is 0. The van der Waals surface area contributed by atoms with Crippen LogP contribution in [0.2, 0.25) is 0 Å². The van der Waals surface area contributed by atoms with Crippen molar-refractivity contribution < 1.29 is 0 Å². The van der Waals surface area contributed by atoms with Crippen LogP contribution in [0.1, 0.15) is 0 Å². The molecular formula is C45H30N4. The average Bonchev–Trinajstić information content (AvgIpc) is 3.56. The van der Waals surface area contributed by atoms with Crippen LogP contribution < -0.4 is 0 Å². The quantitative estimate of drug-likeness (QED) is 0.184. The Balaban J connectivity index is 1.19. The highest BCUT2D eigenvalue weighted by atomic mass is 15.3. The lowest BCUT2D eigenvalue weighted by Crippen LogP contribution is -1.97. The van der Waals surface area contributed by atoms with Crippen molar-refractivity contribution >= 4 is 21.7 Å². The van der Waals surface area contributed by atoms with Gasteiger partial charge in [0.05, 0.1) is 22.6 Å². The normalized spacial score (nSPS) is 11.3. The standard InChI is InChI=1S/C45H30N4/c1-4-13-31(14-5-1)32-23-25-33(26-24-32)41-30-42(47-45(46-41)34-15-6-2-7-16-34)37-19-12-20-38(27-37)44-40-28-35-17-10-11-18-36(35)29-43(40)49(48-44)39-21-8-3-9-22-39/h1-30H. The van der Waals surface area contributed by atoms with E-state index in [0.717, 1.165) is 55.9 Å². The molecule has 0 unspecified atom stereocenters. The fourth-order valence-corrected chi connectivity index (χ4v) is 6.53. The molecule has 0 saturated heterocycles. The molecule has 2 aromatic heterocycles. The highest BCUT2D eigenvalue weighted by Gasteiger charge is 2.17. The fraction of sp³-hybridized carbons (Fsp3) is 0. The van der Waals surface area contributed by atoms with Crippen LogP contribution in [-0.2, 0) is 0 Å². The van der Waals surface area contributed by atoms with Gasteiger partial charge in [0.25, 0.3) is 0 Å². The molecule has 0 aliphatic heterocycles. The molecule has 7 aromatic carbocycles. The molecule has 4 heteroatoms. The maximum Gasteiger partial charge on any atom is 0.160 e. The zero-order chi connectivity index (χ0) is 32.6. The van der Waals surface area contributed by atoms with Gasteiger partial charge in [0, 0.05) is 27.6 Å². The summed E-state index contributed by atoms with van der Waals surface area (Å²) in [6.07, 6.45) is 0. The molecule has 9 rings (SSSR count). The van der Waals surface area contributed by atoms with E-state index in [1.54, 1.807) is 0 Å². The van der Waals surface area contributed by atoms with Gasteiger partial charge in [-0.15, -0.1) is 0 Å². The van der Waals surface area contributed by atoms with E-state index in [1.807, 2.05) is 30.3 Å². The van der Waals surface area contributed by atoms with E-state index < -0.39 is 0 Å². The summed E-state index contributed by atoms with van der Waals surface area (Å²) in [5.41, 5.74) is 11.2. The molecule has 0 aliphatic rings. The molecule has 0 N–H and O–H groups in total. The summed E-state index contributed by atoms with van der Waals surface area (Å²) in [4.78, 5) is 10.2. The Morgan fingerprint density at radius 1 is 0.367 bits per heavy atom. The van der Waals surface area contributed by atoms with Crippen LogP contribution in [0.15, 0.2) is 182 Å². The maximum atomic E-state index is 5.24. The number of para-hydroxylation sites is 1. The third-order valence-corrected chi connectivity index (χ3v) is 9.03. The second kappa shape index (κ2) is 12.2. The first-order chi connectivity index (χ1) is 24.3. The van der Waals surface area contributed by atoms with Crippen LogP contribution in [0, 0.1) is 0 Å². The molecule has 0 amide bonds. The lowest BCUT2D eigenvalue weighted by molar-refractivity contribution is 0.915. The van der Waals surface area contributed by atoms with Gasteiger partial charge in [-0.3, -0.25) is 0 Å². The smallest absolute Gasteiger partial charge is 0.160 e. The number of hydrogen-bond acceptors (Lipinski definition) is 3. The van der Waals surface area contributed by atoms with Crippen LogP contribution in [-0.4, -0.2) is 19.7 Å². The van der Waals surface area contributed by atoms with E-state index in [0.29, 0.717) is 5.82 Å². The van der Waals surface area contributed by atoms with Crippen molar-refractivity contribution in [3.63, 3.8) is 0 Å². The first-order valence-corrected chi connectivity index (χ1v) is 16.4. The molecule has 9 aromatic rings. The third kappa shape index (κ3) is 5.45. The van der Waals surface area contributed by atoms with Gasteiger partial charge in [-0.1, -0.05) is 146 Å². The van der Waals surface area contributed by atoms with Crippen LogP contribution in [0.3, 0.4) is 0 Å². The lowest BCUT2D eigenvalue weighted by Gasteiger charge is -2.11. The Morgan fingerprint density at radius 3 is 1.61 bits per heavy atom. The number of fused-ring (bicyclic) bond motifs is 2. The van der Waals surface area contributed by atoms with Crippen LogP contribution in [0.25, 0.3) is 83.6 Å².